The molecule has 6 heteroatoms. The van der Waals surface area contributed by atoms with E-state index in [0.717, 1.165) is 14.1 Å². The first-order valence-corrected chi connectivity index (χ1v) is 8.45. The number of hydrogen-bond donors (Lipinski definition) is 2. The molecule has 0 aliphatic heterocycles. The number of amides is 2. The van der Waals surface area contributed by atoms with Crippen LogP contribution in [-0.4, -0.2) is 18.4 Å². The second-order valence-electron chi connectivity index (χ2n) is 4.42. The van der Waals surface area contributed by atoms with E-state index in [1.54, 1.807) is 0 Å². The van der Waals surface area contributed by atoms with E-state index in [1.807, 2.05) is 42.6 Å². The van der Waals surface area contributed by atoms with Gasteiger partial charge in [-0.1, -0.05) is 12.1 Å². The van der Waals surface area contributed by atoms with Crippen LogP contribution in [0.1, 0.15) is 22.8 Å². The average Bonchev–Trinajstić information content (AvgIpc) is 2.88. The van der Waals surface area contributed by atoms with Crippen molar-refractivity contribution in [3.8, 4) is 0 Å². The van der Waals surface area contributed by atoms with Gasteiger partial charge in [0.1, 0.15) is 0 Å². The number of hydrogen-bond acceptors (Lipinski definition) is 3. The van der Waals surface area contributed by atoms with Crippen molar-refractivity contribution >= 4 is 51.4 Å². The van der Waals surface area contributed by atoms with Crippen molar-refractivity contribution in [1.82, 2.24) is 5.32 Å². The predicted molar refractivity (Wildman–Crippen MR) is 93.8 cm³/mol. The SMILES string of the molecule is CCNC(=O)Cc1ccc(NC(=O)c2csc(I)c2)cc1. The van der Waals surface area contributed by atoms with Crippen molar-refractivity contribution in [3.63, 3.8) is 0 Å². The topological polar surface area (TPSA) is 58.2 Å². The van der Waals surface area contributed by atoms with Crippen LogP contribution in [0.3, 0.4) is 0 Å². The molecule has 1 aromatic carbocycles. The Morgan fingerprint density at radius 2 is 1.95 bits per heavy atom. The minimum absolute atomic E-state index is 0.00198. The van der Waals surface area contributed by atoms with Crippen LogP contribution in [0.15, 0.2) is 35.7 Å². The molecular weight excluding hydrogens is 399 g/mol. The minimum Gasteiger partial charge on any atom is -0.356 e. The fourth-order valence-corrected chi connectivity index (χ4v) is 3.11. The smallest absolute Gasteiger partial charge is 0.256 e. The lowest BCUT2D eigenvalue weighted by atomic mass is 10.1. The summed E-state index contributed by atoms with van der Waals surface area (Å²) in [5, 5.41) is 7.43. The molecule has 0 unspecified atom stereocenters. The van der Waals surface area contributed by atoms with Crippen LogP contribution >= 0.6 is 33.9 Å². The number of nitrogens with one attached hydrogen (secondary N) is 2. The molecule has 0 atom stereocenters. The zero-order valence-corrected chi connectivity index (χ0v) is 14.5. The summed E-state index contributed by atoms with van der Waals surface area (Å²) < 4.78 is 1.08. The molecule has 2 N–H and O–H groups in total. The maximum Gasteiger partial charge on any atom is 0.256 e. The summed E-state index contributed by atoms with van der Waals surface area (Å²) in [4.78, 5) is 23.5. The Morgan fingerprint density at radius 3 is 2.52 bits per heavy atom. The van der Waals surface area contributed by atoms with Gasteiger partial charge in [-0.15, -0.1) is 11.3 Å². The van der Waals surface area contributed by atoms with Crippen molar-refractivity contribution in [3.05, 3.63) is 49.7 Å². The Morgan fingerprint density at radius 1 is 1.24 bits per heavy atom. The van der Waals surface area contributed by atoms with Gasteiger partial charge in [0.25, 0.3) is 5.91 Å². The molecule has 0 saturated heterocycles. The van der Waals surface area contributed by atoms with E-state index in [4.69, 9.17) is 0 Å². The Kier molecular flexibility index (Phi) is 5.75. The van der Waals surface area contributed by atoms with E-state index < -0.39 is 0 Å². The van der Waals surface area contributed by atoms with Crippen molar-refractivity contribution in [2.24, 2.45) is 0 Å². The number of likely N-dealkylation sites (N-methyl/N-ethyl adjacent to an activating group) is 1. The first kappa shape index (κ1) is 16.0. The number of rotatable bonds is 5. The molecule has 2 aromatic rings. The molecular formula is C15H15IN2O2S. The second-order valence-corrected chi connectivity index (χ2v) is 7.23. The Labute approximate surface area is 141 Å². The van der Waals surface area contributed by atoms with E-state index in [-0.39, 0.29) is 11.8 Å². The summed E-state index contributed by atoms with van der Waals surface area (Å²) in [7, 11) is 0. The molecule has 1 heterocycles. The molecule has 21 heavy (non-hydrogen) atoms. The Bertz CT molecular complexity index is 637. The zero-order valence-electron chi connectivity index (χ0n) is 11.5. The van der Waals surface area contributed by atoms with Crippen LogP contribution in [0.5, 0.6) is 0 Å². The Balaban J connectivity index is 1.96. The normalized spacial score (nSPS) is 10.2. The molecule has 2 amide bonds. The molecule has 0 radical (unpaired) electrons. The molecule has 0 saturated carbocycles. The van der Waals surface area contributed by atoms with Gasteiger partial charge in [0.2, 0.25) is 5.91 Å². The van der Waals surface area contributed by atoms with Crippen LogP contribution in [0.25, 0.3) is 0 Å². The maximum atomic E-state index is 12.0. The molecule has 0 fully saturated rings. The standard InChI is InChI=1S/C15H15IN2O2S/c1-2-17-14(19)7-10-3-5-12(6-4-10)18-15(20)11-8-13(16)21-9-11/h3-6,8-9H,2,7H2,1H3,(H,17,19)(H,18,20). The zero-order chi connectivity index (χ0) is 15.2. The number of carbonyl (C=O) groups excluding carboxylic acids is 2. The summed E-state index contributed by atoms with van der Waals surface area (Å²) in [5.41, 5.74) is 2.31. The number of carbonyl (C=O) groups is 2. The lowest BCUT2D eigenvalue weighted by Gasteiger charge is -2.06. The van der Waals surface area contributed by atoms with E-state index in [2.05, 4.69) is 33.2 Å². The number of anilines is 1. The van der Waals surface area contributed by atoms with Crippen LogP contribution in [0, 0.1) is 2.88 Å². The quantitative estimate of drug-likeness (QED) is 0.738. The first-order valence-electron chi connectivity index (χ1n) is 6.49. The molecule has 0 aliphatic rings. The van der Waals surface area contributed by atoms with Crippen LogP contribution in [0.4, 0.5) is 5.69 Å². The molecule has 1 aromatic heterocycles. The molecule has 0 bridgehead atoms. The molecule has 0 aliphatic carbocycles. The summed E-state index contributed by atoms with van der Waals surface area (Å²) in [6.45, 7) is 2.52. The van der Waals surface area contributed by atoms with Crippen LogP contribution in [-0.2, 0) is 11.2 Å². The number of halogens is 1. The fraction of sp³-hybridized carbons (Fsp3) is 0.200. The van der Waals surface area contributed by atoms with Gasteiger partial charge in [-0.05, 0) is 53.3 Å². The summed E-state index contributed by atoms with van der Waals surface area (Å²) >= 11 is 3.73. The van der Waals surface area contributed by atoms with Gasteiger partial charge in [-0.25, -0.2) is 0 Å². The highest BCUT2D eigenvalue weighted by Gasteiger charge is 2.08. The molecule has 110 valence electrons. The Hall–Kier alpha value is -1.41. The molecule has 2 rings (SSSR count). The highest BCUT2D eigenvalue weighted by atomic mass is 127. The fourth-order valence-electron chi connectivity index (χ4n) is 1.78. The predicted octanol–water partition coefficient (Wildman–Crippen LogP) is 3.28. The van der Waals surface area contributed by atoms with Crippen molar-refractivity contribution < 1.29 is 9.59 Å². The molecule has 4 nitrogen and oxygen atoms in total. The van der Waals surface area contributed by atoms with Gasteiger partial charge >= 0.3 is 0 Å². The number of benzene rings is 1. The van der Waals surface area contributed by atoms with Gasteiger partial charge in [0.05, 0.1) is 14.9 Å². The van der Waals surface area contributed by atoms with Gasteiger partial charge in [0, 0.05) is 17.6 Å². The number of thiophene rings is 1. The third-order valence-electron chi connectivity index (χ3n) is 2.78. The van der Waals surface area contributed by atoms with Gasteiger partial charge < -0.3 is 10.6 Å². The summed E-state index contributed by atoms with van der Waals surface area (Å²) in [6, 6.07) is 9.17. The van der Waals surface area contributed by atoms with E-state index in [9.17, 15) is 9.59 Å². The average molecular weight is 414 g/mol. The maximum absolute atomic E-state index is 12.0. The van der Waals surface area contributed by atoms with Crippen molar-refractivity contribution in [1.29, 1.82) is 0 Å². The summed E-state index contributed by atoms with van der Waals surface area (Å²) in [6.07, 6.45) is 0.352. The lowest BCUT2D eigenvalue weighted by Crippen LogP contribution is -2.24. The third kappa shape index (κ3) is 4.82. The van der Waals surface area contributed by atoms with E-state index in [1.165, 1.54) is 11.3 Å². The first-order chi connectivity index (χ1) is 10.1. The third-order valence-corrected chi connectivity index (χ3v) is 4.57. The monoisotopic (exact) mass is 414 g/mol. The van der Waals surface area contributed by atoms with E-state index in [0.29, 0.717) is 18.5 Å². The highest BCUT2D eigenvalue weighted by molar-refractivity contribution is 14.1. The van der Waals surface area contributed by atoms with Crippen LogP contribution in [0.2, 0.25) is 0 Å². The highest BCUT2D eigenvalue weighted by Crippen LogP contribution is 2.18. The van der Waals surface area contributed by atoms with E-state index >= 15 is 0 Å². The largest absolute Gasteiger partial charge is 0.356 e. The summed E-state index contributed by atoms with van der Waals surface area (Å²) in [5.74, 6) is -0.118. The van der Waals surface area contributed by atoms with Crippen molar-refractivity contribution in [2.45, 2.75) is 13.3 Å². The van der Waals surface area contributed by atoms with Crippen molar-refractivity contribution in [2.75, 3.05) is 11.9 Å². The molecule has 0 spiro atoms. The van der Waals surface area contributed by atoms with Gasteiger partial charge in [-0.2, -0.15) is 0 Å². The van der Waals surface area contributed by atoms with Gasteiger partial charge in [-0.3, -0.25) is 9.59 Å². The second kappa shape index (κ2) is 7.56. The van der Waals surface area contributed by atoms with Gasteiger partial charge in [0.15, 0.2) is 0 Å². The van der Waals surface area contributed by atoms with Crippen LogP contribution < -0.4 is 10.6 Å². The lowest BCUT2D eigenvalue weighted by molar-refractivity contribution is -0.120. The minimum atomic E-state index is -0.120.